The Morgan fingerprint density at radius 1 is 0.925 bits per heavy atom. The Bertz CT molecular complexity index is 1510. The lowest BCUT2D eigenvalue weighted by Gasteiger charge is -2.26. The molecular weight excluding hydrogens is 523 g/mol. The van der Waals surface area contributed by atoms with Gasteiger partial charge in [-0.1, -0.05) is 54.6 Å². The van der Waals surface area contributed by atoms with E-state index in [0.717, 1.165) is 23.3 Å². The van der Waals surface area contributed by atoms with Crippen LogP contribution in [0.15, 0.2) is 83.7 Å². The van der Waals surface area contributed by atoms with Crippen molar-refractivity contribution in [2.24, 2.45) is 7.05 Å². The molecule has 4 rings (SSSR count). The number of benzene rings is 3. The van der Waals surface area contributed by atoms with E-state index in [1.807, 2.05) is 42.5 Å². The number of carboxylic acids is 1. The molecule has 0 amide bonds. The number of rotatable bonds is 11. The quantitative estimate of drug-likeness (QED) is 0.273. The lowest BCUT2D eigenvalue weighted by atomic mass is 9.96. The van der Waals surface area contributed by atoms with Crippen LogP contribution in [0.4, 0.5) is 13.2 Å². The predicted octanol–water partition coefficient (Wildman–Crippen LogP) is 5.29. The van der Waals surface area contributed by atoms with E-state index in [4.69, 9.17) is 4.74 Å². The van der Waals surface area contributed by atoms with Crippen molar-refractivity contribution in [3.8, 4) is 5.75 Å². The molecule has 0 spiro atoms. The molecule has 40 heavy (non-hydrogen) atoms. The highest BCUT2D eigenvalue weighted by Gasteiger charge is 2.36. The van der Waals surface area contributed by atoms with Crippen LogP contribution in [0.5, 0.6) is 5.75 Å². The summed E-state index contributed by atoms with van der Waals surface area (Å²) in [5, 5.41) is 14.1. The third kappa shape index (κ3) is 6.99. The van der Waals surface area contributed by atoms with Crippen LogP contribution in [0.25, 0.3) is 0 Å². The van der Waals surface area contributed by atoms with Crippen LogP contribution in [-0.4, -0.2) is 31.0 Å². The van der Waals surface area contributed by atoms with E-state index >= 15 is 0 Å². The maximum atomic E-state index is 13.0. The standard InChI is InChI=1S/C30H30F3N3O4/c1-29(27(37)38,19-22-8-4-3-5-9-22)40-25-16-14-21(15-17-25)10-7-13-26-34-36(28(39)35(26)2)20-23-11-6-12-24(18-23)30(31,32)33/h3-6,8-9,11-12,14-18H,7,10,13,19-20H2,1-2H3,(H,37,38). The van der Waals surface area contributed by atoms with Crippen molar-refractivity contribution in [2.45, 2.75) is 50.9 Å². The average Bonchev–Trinajstić information content (AvgIpc) is 3.17. The molecule has 0 radical (unpaired) electrons. The van der Waals surface area contributed by atoms with E-state index in [0.29, 0.717) is 36.4 Å². The Balaban J connectivity index is 1.35. The first-order chi connectivity index (χ1) is 18.9. The Labute approximate surface area is 229 Å². The average molecular weight is 554 g/mol. The van der Waals surface area contributed by atoms with Gasteiger partial charge in [0.25, 0.3) is 0 Å². The van der Waals surface area contributed by atoms with Gasteiger partial charge in [0.1, 0.15) is 11.6 Å². The second-order valence-corrected chi connectivity index (χ2v) is 9.91. The summed E-state index contributed by atoms with van der Waals surface area (Å²) < 4.78 is 47.5. The van der Waals surface area contributed by atoms with Crippen molar-refractivity contribution >= 4 is 5.97 Å². The zero-order valence-electron chi connectivity index (χ0n) is 22.2. The van der Waals surface area contributed by atoms with Crippen LogP contribution in [-0.2, 0) is 43.8 Å². The van der Waals surface area contributed by atoms with Gasteiger partial charge in [-0.15, -0.1) is 0 Å². The van der Waals surface area contributed by atoms with Crippen molar-refractivity contribution in [1.29, 1.82) is 0 Å². The molecule has 3 aromatic carbocycles. The van der Waals surface area contributed by atoms with Crippen molar-refractivity contribution in [2.75, 3.05) is 0 Å². The van der Waals surface area contributed by atoms with Crippen molar-refractivity contribution in [1.82, 2.24) is 14.3 Å². The first-order valence-corrected chi connectivity index (χ1v) is 12.8. The summed E-state index contributed by atoms with van der Waals surface area (Å²) in [4.78, 5) is 24.6. The van der Waals surface area contributed by atoms with Crippen LogP contribution in [0.3, 0.4) is 0 Å². The number of aromatic nitrogens is 3. The zero-order chi connectivity index (χ0) is 28.9. The molecule has 1 atom stereocenters. The number of hydrogen-bond acceptors (Lipinski definition) is 4. The minimum absolute atomic E-state index is 0.0579. The van der Waals surface area contributed by atoms with Crippen molar-refractivity contribution in [3.63, 3.8) is 0 Å². The summed E-state index contributed by atoms with van der Waals surface area (Å²) in [5.74, 6) is -0.0751. The Kier molecular flexibility index (Phi) is 8.46. The number of aliphatic carboxylic acids is 1. The largest absolute Gasteiger partial charge is 0.478 e. The molecule has 0 bridgehead atoms. The molecule has 0 saturated heterocycles. The molecule has 210 valence electrons. The monoisotopic (exact) mass is 553 g/mol. The molecule has 1 N–H and O–H groups in total. The molecule has 7 nitrogen and oxygen atoms in total. The minimum Gasteiger partial charge on any atom is -0.478 e. The molecule has 10 heteroatoms. The van der Waals surface area contributed by atoms with Crippen LogP contribution >= 0.6 is 0 Å². The Morgan fingerprint density at radius 3 is 2.25 bits per heavy atom. The third-order valence-electron chi connectivity index (χ3n) is 6.69. The minimum atomic E-state index is -4.46. The van der Waals surface area contributed by atoms with E-state index in [9.17, 15) is 27.9 Å². The smallest absolute Gasteiger partial charge is 0.416 e. The van der Waals surface area contributed by atoms with Gasteiger partial charge in [-0.05, 0) is 60.7 Å². The molecule has 1 heterocycles. The summed E-state index contributed by atoms with van der Waals surface area (Å²) >= 11 is 0. The SMILES string of the molecule is Cn1c(CCCc2ccc(OC(C)(Cc3ccccc3)C(=O)O)cc2)nn(Cc2cccc(C(F)(F)F)c2)c1=O. The molecule has 4 aromatic rings. The topological polar surface area (TPSA) is 86.3 Å². The number of carbonyl (C=O) groups is 1. The lowest BCUT2D eigenvalue weighted by Crippen LogP contribution is -2.43. The maximum Gasteiger partial charge on any atom is 0.416 e. The summed E-state index contributed by atoms with van der Waals surface area (Å²) in [6.45, 7) is 1.49. The number of aryl methyl sites for hydroxylation is 2. The van der Waals surface area contributed by atoms with Gasteiger partial charge >= 0.3 is 17.8 Å². The van der Waals surface area contributed by atoms with Gasteiger partial charge in [0.05, 0.1) is 12.1 Å². The predicted molar refractivity (Wildman–Crippen MR) is 143 cm³/mol. The van der Waals surface area contributed by atoms with E-state index < -0.39 is 29.0 Å². The number of carboxylic acid groups (broad SMARTS) is 1. The van der Waals surface area contributed by atoms with Gasteiger partial charge in [-0.25, -0.2) is 14.3 Å². The number of hydrogen-bond donors (Lipinski definition) is 1. The molecule has 0 saturated carbocycles. The molecular formula is C30H30F3N3O4. The maximum absolute atomic E-state index is 13.0. The summed E-state index contributed by atoms with van der Waals surface area (Å²) in [6.07, 6.45) is -2.40. The third-order valence-corrected chi connectivity index (χ3v) is 6.69. The second-order valence-electron chi connectivity index (χ2n) is 9.91. The van der Waals surface area contributed by atoms with E-state index in [1.165, 1.54) is 21.4 Å². The van der Waals surface area contributed by atoms with Crippen LogP contribution in [0.1, 0.15) is 41.4 Å². The fraction of sp³-hybridized carbons (Fsp3) is 0.300. The number of halogens is 3. The molecule has 1 unspecified atom stereocenters. The van der Waals surface area contributed by atoms with Gasteiger partial charge in [0, 0.05) is 19.9 Å². The Morgan fingerprint density at radius 2 is 1.60 bits per heavy atom. The van der Waals surface area contributed by atoms with Gasteiger partial charge < -0.3 is 9.84 Å². The highest BCUT2D eigenvalue weighted by Crippen LogP contribution is 2.29. The Hall–Kier alpha value is -4.34. The van der Waals surface area contributed by atoms with Crippen molar-refractivity contribution < 1.29 is 27.8 Å². The van der Waals surface area contributed by atoms with Gasteiger partial charge in [0.2, 0.25) is 5.60 Å². The van der Waals surface area contributed by atoms with E-state index in [-0.39, 0.29) is 13.0 Å². The summed E-state index contributed by atoms with van der Waals surface area (Å²) in [6, 6.07) is 21.4. The highest BCUT2D eigenvalue weighted by molar-refractivity contribution is 5.78. The molecule has 0 aliphatic carbocycles. The van der Waals surface area contributed by atoms with Gasteiger partial charge in [0.15, 0.2) is 0 Å². The molecule has 0 aliphatic heterocycles. The van der Waals surface area contributed by atoms with Gasteiger partial charge in [-0.2, -0.15) is 18.3 Å². The molecule has 1 aromatic heterocycles. The normalized spacial score (nSPS) is 13.1. The van der Waals surface area contributed by atoms with Crippen LogP contribution in [0, 0.1) is 0 Å². The second kappa shape index (κ2) is 11.8. The summed E-state index contributed by atoms with van der Waals surface area (Å²) in [5.41, 5.74) is -0.399. The number of alkyl halides is 3. The molecule has 0 fully saturated rings. The summed E-state index contributed by atoms with van der Waals surface area (Å²) in [7, 11) is 1.59. The van der Waals surface area contributed by atoms with Crippen LogP contribution in [0.2, 0.25) is 0 Å². The van der Waals surface area contributed by atoms with Gasteiger partial charge in [-0.3, -0.25) is 4.57 Å². The lowest BCUT2D eigenvalue weighted by molar-refractivity contribution is -0.153. The first-order valence-electron chi connectivity index (χ1n) is 12.8. The van der Waals surface area contributed by atoms with Crippen LogP contribution < -0.4 is 10.4 Å². The number of ether oxygens (including phenoxy) is 1. The first kappa shape index (κ1) is 28.7. The van der Waals surface area contributed by atoms with E-state index in [1.54, 1.807) is 26.1 Å². The molecule has 0 aliphatic rings. The van der Waals surface area contributed by atoms with E-state index in [2.05, 4.69) is 5.10 Å². The number of nitrogens with zero attached hydrogens (tertiary/aromatic N) is 3. The fourth-order valence-corrected chi connectivity index (χ4v) is 4.45. The van der Waals surface area contributed by atoms with Crippen molar-refractivity contribution in [3.05, 3.63) is 117 Å². The fourth-order valence-electron chi connectivity index (χ4n) is 4.45. The highest BCUT2D eigenvalue weighted by atomic mass is 19.4. The zero-order valence-corrected chi connectivity index (χ0v) is 22.2.